The third-order valence-corrected chi connectivity index (χ3v) is 3.46. The number of aryl methyl sites for hydroxylation is 1. The van der Waals surface area contributed by atoms with Gasteiger partial charge in [0.1, 0.15) is 0 Å². The Morgan fingerprint density at radius 3 is 2.87 bits per heavy atom. The molecule has 0 amide bonds. The van der Waals surface area contributed by atoms with Crippen molar-refractivity contribution in [2.24, 2.45) is 11.7 Å². The molecule has 2 rings (SSSR count). The van der Waals surface area contributed by atoms with Crippen molar-refractivity contribution in [1.82, 2.24) is 0 Å². The Kier molecular flexibility index (Phi) is 3.32. The van der Waals surface area contributed by atoms with Gasteiger partial charge in [0, 0.05) is 11.1 Å². The predicted octanol–water partition coefficient (Wildman–Crippen LogP) is 3.84. The summed E-state index contributed by atoms with van der Waals surface area (Å²) in [5.41, 5.74) is 8.65. The molecular formula is C13H18ClN. The van der Waals surface area contributed by atoms with E-state index in [0.29, 0.717) is 0 Å². The molecule has 2 N–H and O–H groups in total. The van der Waals surface area contributed by atoms with Gasteiger partial charge in [0.25, 0.3) is 0 Å². The fourth-order valence-electron chi connectivity index (χ4n) is 1.99. The molecule has 0 spiro atoms. The molecule has 0 aromatic heterocycles. The van der Waals surface area contributed by atoms with E-state index in [9.17, 15) is 0 Å². The van der Waals surface area contributed by atoms with E-state index in [2.05, 4.69) is 13.0 Å². The lowest BCUT2D eigenvalue weighted by Crippen LogP contribution is -2.11. The zero-order valence-corrected chi connectivity index (χ0v) is 9.93. The van der Waals surface area contributed by atoms with E-state index in [-0.39, 0.29) is 6.04 Å². The number of nitrogens with two attached hydrogens (primary N) is 1. The Balaban J connectivity index is 2.02. The molecule has 1 aromatic carbocycles. The first-order valence-electron chi connectivity index (χ1n) is 5.68. The summed E-state index contributed by atoms with van der Waals surface area (Å²) in [4.78, 5) is 0. The summed E-state index contributed by atoms with van der Waals surface area (Å²) in [6.07, 6.45) is 5.17. The fourth-order valence-corrected chi connectivity index (χ4v) is 2.17. The van der Waals surface area contributed by atoms with Crippen LogP contribution in [0.25, 0.3) is 0 Å². The standard InChI is InChI=1S/C13H18ClN/c1-9-2-6-11(14)8-12(9)13(15)7-5-10-3-4-10/h2,6,8,10,13H,3-5,7,15H2,1H3. The van der Waals surface area contributed by atoms with Crippen molar-refractivity contribution < 1.29 is 0 Å². The van der Waals surface area contributed by atoms with Crippen LogP contribution in [0.2, 0.25) is 5.02 Å². The maximum atomic E-state index is 6.18. The molecule has 1 nitrogen and oxygen atoms in total. The topological polar surface area (TPSA) is 26.0 Å². The highest BCUT2D eigenvalue weighted by Gasteiger charge is 2.22. The van der Waals surface area contributed by atoms with Gasteiger partial charge in [-0.15, -0.1) is 0 Å². The van der Waals surface area contributed by atoms with Crippen LogP contribution < -0.4 is 5.73 Å². The highest BCUT2D eigenvalue weighted by molar-refractivity contribution is 6.30. The summed E-state index contributed by atoms with van der Waals surface area (Å²) in [6.45, 7) is 2.10. The van der Waals surface area contributed by atoms with E-state index in [0.717, 1.165) is 17.4 Å². The van der Waals surface area contributed by atoms with Crippen molar-refractivity contribution in [1.29, 1.82) is 0 Å². The van der Waals surface area contributed by atoms with Crippen LogP contribution in [0.5, 0.6) is 0 Å². The number of rotatable bonds is 4. The lowest BCUT2D eigenvalue weighted by Gasteiger charge is -2.14. The Hall–Kier alpha value is -0.530. The molecule has 15 heavy (non-hydrogen) atoms. The average molecular weight is 224 g/mol. The van der Waals surface area contributed by atoms with Gasteiger partial charge in [-0.2, -0.15) is 0 Å². The summed E-state index contributed by atoms with van der Waals surface area (Å²) < 4.78 is 0. The molecular weight excluding hydrogens is 206 g/mol. The number of halogens is 1. The van der Waals surface area contributed by atoms with E-state index >= 15 is 0 Å². The second-order valence-corrected chi connectivity index (χ2v) is 5.06. The quantitative estimate of drug-likeness (QED) is 0.825. The van der Waals surface area contributed by atoms with Crippen molar-refractivity contribution in [3.63, 3.8) is 0 Å². The molecule has 1 unspecified atom stereocenters. The Labute approximate surface area is 96.6 Å². The largest absolute Gasteiger partial charge is 0.324 e. The van der Waals surface area contributed by atoms with Crippen LogP contribution in [0.15, 0.2) is 18.2 Å². The third-order valence-electron chi connectivity index (χ3n) is 3.22. The van der Waals surface area contributed by atoms with Crippen molar-refractivity contribution in [2.75, 3.05) is 0 Å². The molecule has 1 aliphatic carbocycles. The van der Waals surface area contributed by atoms with E-state index in [1.807, 2.05) is 12.1 Å². The molecule has 1 atom stereocenters. The second kappa shape index (κ2) is 4.54. The summed E-state index contributed by atoms with van der Waals surface area (Å²) in [6, 6.07) is 6.14. The van der Waals surface area contributed by atoms with Crippen molar-refractivity contribution in [2.45, 2.75) is 38.6 Å². The minimum atomic E-state index is 0.157. The minimum absolute atomic E-state index is 0.157. The SMILES string of the molecule is Cc1ccc(Cl)cc1C(N)CCC1CC1. The summed E-state index contributed by atoms with van der Waals surface area (Å²) in [7, 11) is 0. The molecule has 0 radical (unpaired) electrons. The second-order valence-electron chi connectivity index (χ2n) is 4.63. The number of hydrogen-bond acceptors (Lipinski definition) is 1. The van der Waals surface area contributed by atoms with Crippen molar-refractivity contribution in [3.8, 4) is 0 Å². The minimum Gasteiger partial charge on any atom is -0.324 e. The van der Waals surface area contributed by atoms with Crippen LogP contribution >= 0.6 is 11.6 Å². The van der Waals surface area contributed by atoms with Gasteiger partial charge in [-0.05, 0) is 48.9 Å². The monoisotopic (exact) mass is 223 g/mol. The van der Waals surface area contributed by atoms with E-state index < -0.39 is 0 Å². The zero-order chi connectivity index (χ0) is 10.8. The molecule has 2 heteroatoms. The molecule has 0 saturated heterocycles. The van der Waals surface area contributed by atoms with Crippen LogP contribution in [0.1, 0.15) is 42.9 Å². The molecule has 1 aliphatic rings. The van der Waals surface area contributed by atoms with Gasteiger partial charge in [-0.25, -0.2) is 0 Å². The van der Waals surface area contributed by atoms with Gasteiger partial charge in [-0.1, -0.05) is 30.5 Å². The van der Waals surface area contributed by atoms with Crippen LogP contribution in [-0.4, -0.2) is 0 Å². The van der Waals surface area contributed by atoms with Crippen LogP contribution in [0, 0.1) is 12.8 Å². The number of benzene rings is 1. The summed E-state index contributed by atoms with van der Waals surface area (Å²) in [5.74, 6) is 0.954. The lowest BCUT2D eigenvalue weighted by atomic mass is 9.97. The van der Waals surface area contributed by atoms with Gasteiger partial charge < -0.3 is 5.73 Å². The normalized spacial score (nSPS) is 17.8. The lowest BCUT2D eigenvalue weighted by molar-refractivity contribution is 0.573. The van der Waals surface area contributed by atoms with Gasteiger partial charge in [0.05, 0.1) is 0 Å². The molecule has 1 aromatic rings. The van der Waals surface area contributed by atoms with Gasteiger partial charge in [0.2, 0.25) is 0 Å². The first kappa shape index (κ1) is 11.0. The fraction of sp³-hybridized carbons (Fsp3) is 0.538. The zero-order valence-electron chi connectivity index (χ0n) is 9.17. The van der Waals surface area contributed by atoms with Crippen molar-refractivity contribution >= 4 is 11.6 Å². The molecule has 1 saturated carbocycles. The third kappa shape index (κ3) is 2.96. The van der Waals surface area contributed by atoms with E-state index in [1.54, 1.807) is 0 Å². The van der Waals surface area contributed by atoms with Gasteiger partial charge in [0.15, 0.2) is 0 Å². The van der Waals surface area contributed by atoms with Crippen molar-refractivity contribution in [3.05, 3.63) is 34.3 Å². The van der Waals surface area contributed by atoms with Crippen LogP contribution in [-0.2, 0) is 0 Å². The maximum Gasteiger partial charge on any atom is 0.0409 e. The highest BCUT2D eigenvalue weighted by Crippen LogP contribution is 2.36. The molecule has 1 fully saturated rings. The Morgan fingerprint density at radius 2 is 2.20 bits per heavy atom. The molecule has 0 bridgehead atoms. The maximum absolute atomic E-state index is 6.18. The predicted molar refractivity (Wildman–Crippen MR) is 65.1 cm³/mol. The summed E-state index contributed by atoms with van der Waals surface area (Å²) >= 11 is 5.98. The highest BCUT2D eigenvalue weighted by atomic mass is 35.5. The molecule has 0 heterocycles. The van der Waals surface area contributed by atoms with E-state index in [4.69, 9.17) is 17.3 Å². The Bertz CT molecular complexity index is 344. The number of hydrogen-bond donors (Lipinski definition) is 1. The van der Waals surface area contributed by atoms with E-state index in [1.165, 1.54) is 30.4 Å². The summed E-state index contributed by atoms with van der Waals surface area (Å²) in [5, 5.41) is 0.789. The average Bonchev–Trinajstić information content (AvgIpc) is 3.02. The first-order chi connectivity index (χ1) is 7.16. The molecule has 0 aliphatic heterocycles. The smallest absolute Gasteiger partial charge is 0.0409 e. The van der Waals surface area contributed by atoms with Gasteiger partial charge >= 0.3 is 0 Å². The first-order valence-corrected chi connectivity index (χ1v) is 6.06. The Morgan fingerprint density at radius 1 is 1.47 bits per heavy atom. The van der Waals surface area contributed by atoms with Crippen LogP contribution in [0.3, 0.4) is 0 Å². The van der Waals surface area contributed by atoms with Gasteiger partial charge in [-0.3, -0.25) is 0 Å². The van der Waals surface area contributed by atoms with Crippen LogP contribution in [0.4, 0.5) is 0 Å². The molecule has 82 valence electrons.